The van der Waals surface area contributed by atoms with Crippen LogP contribution >= 0.6 is 11.3 Å². The van der Waals surface area contributed by atoms with E-state index >= 15 is 0 Å². The molecule has 4 aromatic rings. The molecule has 1 amide bonds. The lowest BCUT2D eigenvalue weighted by Crippen LogP contribution is -2.48. The fourth-order valence-corrected chi connectivity index (χ4v) is 7.85. The van der Waals surface area contributed by atoms with Crippen LogP contribution in [0, 0.1) is 28.5 Å². The maximum Gasteiger partial charge on any atom is 0.319 e. The summed E-state index contributed by atoms with van der Waals surface area (Å²) in [6, 6.07) is 9.88. The van der Waals surface area contributed by atoms with Crippen molar-refractivity contribution in [3.63, 3.8) is 0 Å². The number of fused-ring (bicyclic) bond motifs is 2. The minimum absolute atomic E-state index is 0.0535. The molecule has 4 unspecified atom stereocenters. The summed E-state index contributed by atoms with van der Waals surface area (Å²) in [7, 11) is 5.27. The Morgan fingerprint density at radius 1 is 1.25 bits per heavy atom. The number of benzene rings is 2. The topological polar surface area (TPSA) is 145 Å². The van der Waals surface area contributed by atoms with E-state index in [1.807, 2.05) is 23.9 Å². The molecule has 2 aromatic carbocycles. The van der Waals surface area contributed by atoms with Crippen LogP contribution in [0.25, 0.3) is 32.1 Å². The molecular formula is C34H34F2N8O3S. The van der Waals surface area contributed by atoms with Crippen LogP contribution in [0.3, 0.4) is 0 Å². The molecule has 4 atom stereocenters. The molecular weight excluding hydrogens is 638 g/mol. The Labute approximate surface area is 280 Å². The SMILES string of the molecule is C=CC(=O)N1CCC(N(C)c2nc(OCC3CC(F)CN3C)nc3cc(-c4ccc(F)c5sc(N)c(C#N)c45)c(C#N)cc23)C1COC. The highest BCUT2D eigenvalue weighted by atomic mass is 32.1. The van der Waals surface area contributed by atoms with Crippen molar-refractivity contribution >= 4 is 49.1 Å². The smallest absolute Gasteiger partial charge is 0.319 e. The maximum absolute atomic E-state index is 14.9. The maximum atomic E-state index is 14.9. The van der Waals surface area contributed by atoms with Crippen LogP contribution in [0.5, 0.6) is 6.01 Å². The molecule has 11 nitrogen and oxygen atoms in total. The monoisotopic (exact) mass is 672 g/mol. The van der Waals surface area contributed by atoms with Gasteiger partial charge in [0.05, 0.1) is 46.1 Å². The second kappa shape index (κ2) is 13.3. The average Bonchev–Trinajstić information content (AvgIpc) is 3.76. The van der Waals surface area contributed by atoms with E-state index in [1.165, 1.54) is 18.2 Å². The zero-order valence-electron chi connectivity index (χ0n) is 26.7. The lowest BCUT2D eigenvalue weighted by molar-refractivity contribution is -0.127. The van der Waals surface area contributed by atoms with Crippen molar-refractivity contribution in [1.82, 2.24) is 19.8 Å². The number of alkyl halides is 1. The number of likely N-dealkylation sites (N-methyl/N-ethyl adjacent to an activating group) is 2. The van der Waals surface area contributed by atoms with Gasteiger partial charge in [0.25, 0.3) is 0 Å². The minimum Gasteiger partial charge on any atom is -0.462 e. The third-order valence-electron chi connectivity index (χ3n) is 9.31. The van der Waals surface area contributed by atoms with Crippen molar-refractivity contribution in [3.05, 3.63) is 53.9 Å². The van der Waals surface area contributed by atoms with Crippen LogP contribution in [0.1, 0.15) is 24.0 Å². The molecule has 6 rings (SSSR count). The standard InChI is InChI=1S/C34H34F2N8O3S/c1-5-29(45)44-9-8-27(28(44)17-46-4)43(3)33-23-10-18(13-37)22(21-6-7-25(36)31-30(21)24(14-38)32(39)48-31)12-26(23)40-34(41-33)47-16-20-11-19(35)15-42(20)2/h5-7,10,12,19-20,27-28H,1,8-9,11,15-17,39H2,2-4H3. The van der Waals surface area contributed by atoms with E-state index < -0.39 is 12.0 Å². The summed E-state index contributed by atoms with van der Waals surface area (Å²) in [5.41, 5.74) is 7.81. The number of halogens is 2. The molecule has 248 valence electrons. The molecule has 0 radical (unpaired) electrons. The van der Waals surface area contributed by atoms with Gasteiger partial charge in [0.1, 0.15) is 35.5 Å². The molecule has 2 N–H and O–H groups in total. The van der Waals surface area contributed by atoms with E-state index in [-0.39, 0.29) is 64.1 Å². The fraction of sp³-hybridized carbons (Fsp3) is 0.382. The number of nitriles is 2. The number of likely N-dealkylation sites (tertiary alicyclic amines) is 2. The third-order valence-corrected chi connectivity index (χ3v) is 10.3. The number of anilines is 2. The molecule has 14 heteroatoms. The number of ether oxygens (including phenoxy) is 2. The summed E-state index contributed by atoms with van der Waals surface area (Å²) in [6.45, 7) is 4.88. The van der Waals surface area contributed by atoms with Gasteiger partial charge in [-0.05, 0) is 49.7 Å². The Morgan fingerprint density at radius 3 is 2.71 bits per heavy atom. The van der Waals surface area contributed by atoms with Crippen LogP contribution in [-0.4, -0.2) is 97.5 Å². The van der Waals surface area contributed by atoms with Gasteiger partial charge in [-0.2, -0.15) is 20.5 Å². The number of thiophene rings is 1. The molecule has 2 aliphatic rings. The molecule has 4 heterocycles. The molecule has 2 aliphatic heterocycles. The summed E-state index contributed by atoms with van der Waals surface area (Å²) in [5, 5.41) is 21.3. The summed E-state index contributed by atoms with van der Waals surface area (Å²) >= 11 is 0.976. The van der Waals surface area contributed by atoms with Gasteiger partial charge < -0.3 is 25.0 Å². The summed E-state index contributed by atoms with van der Waals surface area (Å²) in [6.07, 6.45) is 1.27. The van der Waals surface area contributed by atoms with Crippen molar-refractivity contribution in [3.8, 4) is 29.3 Å². The molecule has 0 spiro atoms. The van der Waals surface area contributed by atoms with Gasteiger partial charge in [0.2, 0.25) is 5.91 Å². The van der Waals surface area contributed by atoms with Crippen LogP contribution in [0.4, 0.5) is 19.6 Å². The van der Waals surface area contributed by atoms with Gasteiger partial charge in [-0.15, -0.1) is 11.3 Å². The quantitative estimate of drug-likeness (QED) is 0.250. The Kier molecular flexibility index (Phi) is 9.16. The van der Waals surface area contributed by atoms with E-state index in [0.717, 1.165) is 11.3 Å². The van der Waals surface area contributed by atoms with Crippen molar-refractivity contribution in [1.29, 1.82) is 10.5 Å². The number of nitrogen functional groups attached to an aromatic ring is 1. The highest BCUT2D eigenvalue weighted by molar-refractivity contribution is 7.23. The van der Waals surface area contributed by atoms with Crippen molar-refractivity contribution < 1.29 is 23.0 Å². The first-order valence-electron chi connectivity index (χ1n) is 15.4. The zero-order valence-corrected chi connectivity index (χ0v) is 27.6. The predicted molar refractivity (Wildman–Crippen MR) is 180 cm³/mol. The van der Waals surface area contributed by atoms with E-state index in [2.05, 4.69) is 18.7 Å². The van der Waals surface area contributed by atoms with E-state index in [1.54, 1.807) is 24.1 Å². The average molecular weight is 673 g/mol. The van der Waals surface area contributed by atoms with Gasteiger partial charge in [-0.25, -0.2) is 8.78 Å². The lowest BCUT2D eigenvalue weighted by Gasteiger charge is -2.33. The first-order chi connectivity index (χ1) is 23.1. The molecule has 0 bridgehead atoms. The Hall–Kier alpha value is -4.89. The molecule has 2 aromatic heterocycles. The van der Waals surface area contributed by atoms with Crippen LogP contribution in [0.15, 0.2) is 36.9 Å². The number of hydrogen-bond donors (Lipinski definition) is 1. The van der Waals surface area contributed by atoms with Crippen molar-refractivity contribution in [2.24, 2.45) is 0 Å². The minimum atomic E-state index is -0.951. The van der Waals surface area contributed by atoms with E-state index in [0.29, 0.717) is 59.2 Å². The number of nitrogens with two attached hydrogens (primary N) is 1. The van der Waals surface area contributed by atoms with Crippen LogP contribution < -0.4 is 15.4 Å². The summed E-state index contributed by atoms with van der Waals surface area (Å²) in [4.78, 5) is 27.8. The molecule has 2 fully saturated rings. The predicted octanol–water partition coefficient (Wildman–Crippen LogP) is 4.64. The zero-order chi connectivity index (χ0) is 34.3. The number of nitrogens with zero attached hydrogens (tertiary/aromatic N) is 7. The largest absolute Gasteiger partial charge is 0.462 e. The lowest BCUT2D eigenvalue weighted by atomic mass is 9.94. The van der Waals surface area contributed by atoms with E-state index in [9.17, 15) is 24.1 Å². The summed E-state index contributed by atoms with van der Waals surface area (Å²) in [5.74, 6) is -0.266. The first kappa shape index (κ1) is 33.0. The fourth-order valence-electron chi connectivity index (χ4n) is 6.90. The molecule has 48 heavy (non-hydrogen) atoms. The second-order valence-corrected chi connectivity index (χ2v) is 13.1. The first-order valence-corrected chi connectivity index (χ1v) is 16.2. The number of amides is 1. The van der Waals surface area contributed by atoms with Crippen molar-refractivity contribution in [2.45, 2.75) is 37.1 Å². The number of methoxy groups -OCH3 is 1. The second-order valence-electron chi connectivity index (χ2n) is 12.1. The number of carbonyl (C=O) groups excluding carboxylic acids is 1. The van der Waals surface area contributed by atoms with Crippen LogP contribution in [0.2, 0.25) is 0 Å². The number of rotatable bonds is 9. The Balaban J connectivity index is 1.51. The normalized spacial score (nSPS) is 21.0. The van der Waals surface area contributed by atoms with Gasteiger partial charge in [-0.1, -0.05) is 12.6 Å². The Morgan fingerprint density at radius 2 is 2.04 bits per heavy atom. The van der Waals surface area contributed by atoms with Gasteiger partial charge in [0, 0.05) is 49.6 Å². The van der Waals surface area contributed by atoms with Gasteiger partial charge in [-0.3, -0.25) is 9.69 Å². The Bertz CT molecular complexity index is 2010. The number of aromatic nitrogens is 2. The molecule has 0 saturated carbocycles. The highest BCUT2D eigenvalue weighted by Crippen LogP contribution is 2.43. The van der Waals surface area contributed by atoms with E-state index in [4.69, 9.17) is 25.2 Å². The highest BCUT2D eigenvalue weighted by Gasteiger charge is 2.40. The van der Waals surface area contributed by atoms with Crippen molar-refractivity contribution in [2.75, 3.05) is 58.1 Å². The number of hydrogen-bond acceptors (Lipinski definition) is 11. The van der Waals surface area contributed by atoms with Gasteiger partial charge >= 0.3 is 6.01 Å². The van der Waals surface area contributed by atoms with Crippen LogP contribution in [-0.2, 0) is 9.53 Å². The number of carbonyl (C=O) groups is 1. The molecule has 0 aliphatic carbocycles. The van der Waals surface area contributed by atoms with Gasteiger partial charge in [0.15, 0.2) is 0 Å². The summed E-state index contributed by atoms with van der Waals surface area (Å²) < 4.78 is 40.9. The molecule has 2 saturated heterocycles. The third kappa shape index (κ3) is 5.76.